The van der Waals surface area contributed by atoms with Crippen molar-refractivity contribution in [3.63, 3.8) is 0 Å². The zero-order valence-corrected chi connectivity index (χ0v) is 12.6. The van der Waals surface area contributed by atoms with E-state index >= 15 is 0 Å². The molecule has 108 valence electrons. The van der Waals surface area contributed by atoms with E-state index in [9.17, 15) is 19.8 Å². The number of phenolic OH excluding ortho intramolecular Hbond substituents is 1. The number of rotatable bonds is 2. The Hall–Kier alpha value is -1.56. The first-order chi connectivity index (χ1) is 9.41. The number of benzene rings is 1. The average Bonchev–Trinajstić information content (AvgIpc) is 2.40. The van der Waals surface area contributed by atoms with Gasteiger partial charge < -0.3 is 15.1 Å². The SMILES string of the molecule is CC1CCCN(C(=O)c2cc(Br)ccc2O)C1C(=O)O. The number of carboxylic acids is 1. The number of hydrogen-bond donors (Lipinski definition) is 2. The molecule has 2 rings (SSSR count). The third kappa shape index (κ3) is 2.80. The van der Waals surface area contributed by atoms with Crippen molar-refractivity contribution in [3.05, 3.63) is 28.2 Å². The van der Waals surface area contributed by atoms with Crippen LogP contribution in [0.4, 0.5) is 0 Å². The average molecular weight is 342 g/mol. The number of aliphatic carboxylic acids is 1. The number of amides is 1. The van der Waals surface area contributed by atoms with Gasteiger partial charge in [0.2, 0.25) is 0 Å². The van der Waals surface area contributed by atoms with Crippen molar-refractivity contribution in [3.8, 4) is 5.75 Å². The van der Waals surface area contributed by atoms with E-state index in [1.54, 1.807) is 6.07 Å². The molecule has 20 heavy (non-hydrogen) atoms. The van der Waals surface area contributed by atoms with Gasteiger partial charge in [-0.15, -0.1) is 0 Å². The van der Waals surface area contributed by atoms with E-state index in [0.717, 1.165) is 12.8 Å². The molecule has 2 N–H and O–H groups in total. The number of nitrogens with zero attached hydrogens (tertiary/aromatic N) is 1. The number of aromatic hydroxyl groups is 1. The lowest BCUT2D eigenvalue weighted by Gasteiger charge is -2.37. The van der Waals surface area contributed by atoms with Crippen LogP contribution < -0.4 is 0 Å². The predicted molar refractivity (Wildman–Crippen MR) is 76.7 cm³/mol. The Kier molecular flexibility index (Phi) is 4.32. The molecule has 0 radical (unpaired) electrons. The second-order valence-corrected chi connectivity index (χ2v) is 5.98. The molecular weight excluding hydrogens is 326 g/mol. The van der Waals surface area contributed by atoms with Crippen molar-refractivity contribution in [1.29, 1.82) is 0 Å². The summed E-state index contributed by atoms with van der Waals surface area (Å²) in [5.41, 5.74) is 0.125. The van der Waals surface area contributed by atoms with Crippen LogP contribution in [-0.2, 0) is 4.79 Å². The van der Waals surface area contributed by atoms with Gasteiger partial charge >= 0.3 is 5.97 Å². The van der Waals surface area contributed by atoms with Crippen LogP contribution in [0, 0.1) is 5.92 Å². The molecule has 2 unspecified atom stereocenters. The first kappa shape index (κ1) is 14.8. The summed E-state index contributed by atoms with van der Waals surface area (Å²) in [5, 5.41) is 19.1. The van der Waals surface area contributed by atoms with Crippen molar-refractivity contribution in [2.75, 3.05) is 6.54 Å². The summed E-state index contributed by atoms with van der Waals surface area (Å²) in [5.74, 6) is -1.68. The molecule has 1 fully saturated rings. The van der Waals surface area contributed by atoms with Crippen molar-refractivity contribution >= 4 is 27.8 Å². The van der Waals surface area contributed by atoms with Gasteiger partial charge in [0.15, 0.2) is 0 Å². The van der Waals surface area contributed by atoms with Gasteiger partial charge in [0, 0.05) is 11.0 Å². The Labute approximate surface area is 125 Å². The second-order valence-electron chi connectivity index (χ2n) is 5.06. The Balaban J connectivity index is 2.35. The van der Waals surface area contributed by atoms with E-state index in [1.807, 2.05) is 6.92 Å². The maximum Gasteiger partial charge on any atom is 0.326 e. The van der Waals surface area contributed by atoms with Crippen LogP contribution in [0.25, 0.3) is 0 Å². The van der Waals surface area contributed by atoms with Gasteiger partial charge in [0.1, 0.15) is 11.8 Å². The minimum atomic E-state index is -1.000. The topological polar surface area (TPSA) is 77.8 Å². The monoisotopic (exact) mass is 341 g/mol. The molecule has 2 atom stereocenters. The van der Waals surface area contributed by atoms with Gasteiger partial charge in [-0.05, 0) is 37.0 Å². The molecule has 1 heterocycles. The maximum atomic E-state index is 12.5. The minimum absolute atomic E-state index is 0.0977. The van der Waals surface area contributed by atoms with E-state index in [1.165, 1.54) is 17.0 Å². The number of likely N-dealkylation sites (tertiary alicyclic amines) is 1. The quantitative estimate of drug-likeness (QED) is 0.866. The van der Waals surface area contributed by atoms with Crippen LogP contribution in [0.15, 0.2) is 22.7 Å². The minimum Gasteiger partial charge on any atom is -0.507 e. The summed E-state index contributed by atoms with van der Waals surface area (Å²) >= 11 is 3.25. The van der Waals surface area contributed by atoms with E-state index in [-0.39, 0.29) is 17.2 Å². The molecule has 5 nitrogen and oxygen atoms in total. The Morgan fingerprint density at radius 1 is 1.40 bits per heavy atom. The van der Waals surface area contributed by atoms with Crippen LogP contribution in [0.5, 0.6) is 5.75 Å². The van der Waals surface area contributed by atoms with E-state index < -0.39 is 17.9 Å². The van der Waals surface area contributed by atoms with Gasteiger partial charge in [0.05, 0.1) is 5.56 Å². The fourth-order valence-corrected chi connectivity index (χ4v) is 2.99. The van der Waals surface area contributed by atoms with Gasteiger partial charge in [-0.3, -0.25) is 4.79 Å². The van der Waals surface area contributed by atoms with Gasteiger partial charge in [0.25, 0.3) is 5.91 Å². The van der Waals surface area contributed by atoms with E-state index in [4.69, 9.17) is 0 Å². The predicted octanol–water partition coefficient (Wildman–Crippen LogP) is 2.48. The summed E-state index contributed by atoms with van der Waals surface area (Å²) in [6.07, 6.45) is 1.55. The summed E-state index contributed by atoms with van der Waals surface area (Å²) in [4.78, 5) is 25.3. The molecule has 1 aromatic rings. The number of phenols is 1. The molecule has 0 spiro atoms. The van der Waals surface area contributed by atoms with Crippen molar-refractivity contribution < 1.29 is 19.8 Å². The molecule has 1 amide bonds. The molecular formula is C14H16BrNO4. The summed E-state index contributed by atoms with van der Waals surface area (Å²) < 4.78 is 0.663. The third-order valence-corrected chi connectivity index (χ3v) is 4.13. The number of hydrogen-bond acceptors (Lipinski definition) is 3. The van der Waals surface area contributed by atoms with Crippen LogP contribution in [0.2, 0.25) is 0 Å². The van der Waals surface area contributed by atoms with Crippen molar-refractivity contribution in [2.45, 2.75) is 25.8 Å². The molecule has 1 aromatic carbocycles. The molecule has 0 saturated carbocycles. The fourth-order valence-electron chi connectivity index (χ4n) is 2.63. The lowest BCUT2D eigenvalue weighted by molar-refractivity contribution is -0.145. The summed E-state index contributed by atoms with van der Waals surface area (Å²) in [7, 11) is 0. The highest BCUT2D eigenvalue weighted by Crippen LogP contribution is 2.29. The fraction of sp³-hybridized carbons (Fsp3) is 0.429. The molecule has 1 aliphatic heterocycles. The lowest BCUT2D eigenvalue weighted by Crippen LogP contribution is -2.51. The lowest BCUT2D eigenvalue weighted by atomic mass is 9.90. The molecule has 1 aliphatic rings. The van der Waals surface area contributed by atoms with Gasteiger partial charge in [-0.25, -0.2) is 4.79 Å². The highest BCUT2D eigenvalue weighted by atomic mass is 79.9. The first-order valence-electron chi connectivity index (χ1n) is 6.44. The normalized spacial score (nSPS) is 22.6. The zero-order valence-electron chi connectivity index (χ0n) is 11.0. The van der Waals surface area contributed by atoms with Gasteiger partial charge in [-0.2, -0.15) is 0 Å². The number of carbonyl (C=O) groups is 2. The molecule has 1 saturated heterocycles. The van der Waals surface area contributed by atoms with Crippen LogP contribution >= 0.6 is 15.9 Å². The zero-order chi connectivity index (χ0) is 14.9. The van der Waals surface area contributed by atoms with Crippen LogP contribution in [-0.4, -0.2) is 39.6 Å². The summed E-state index contributed by atoms with van der Waals surface area (Å²) in [6.45, 7) is 2.23. The third-order valence-electron chi connectivity index (χ3n) is 3.64. The largest absolute Gasteiger partial charge is 0.507 e. The first-order valence-corrected chi connectivity index (χ1v) is 7.23. The van der Waals surface area contributed by atoms with Crippen molar-refractivity contribution in [2.24, 2.45) is 5.92 Å². The van der Waals surface area contributed by atoms with Crippen LogP contribution in [0.1, 0.15) is 30.1 Å². The number of piperidine rings is 1. The highest BCUT2D eigenvalue weighted by Gasteiger charge is 2.37. The Morgan fingerprint density at radius 2 is 2.10 bits per heavy atom. The van der Waals surface area contributed by atoms with Crippen LogP contribution in [0.3, 0.4) is 0 Å². The molecule has 0 aliphatic carbocycles. The Bertz CT molecular complexity index is 546. The number of halogens is 1. The molecule has 6 heteroatoms. The maximum absolute atomic E-state index is 12.5. The molecule has 0 aromatic heterocycles. The number of carbonyl (C=O) groups excluding carboxylic acids is 1. The summed E-state index contributed by atoms with van der Waals surface area (Å²) in [6, 6.07) is 3.71. The molecule has 0 bridgehead atoms. The van der Waals surface area contributed by atoms with Gasteiger partial charge in [-0.1, -0.05) is 22.9 Å². The highest BCUT2D eigenvalue weighted by molar-refractivity contribution is 9.10. The van der Waals surface area contributed by atoms with E-state index in [2.05, 4.69) is 15.9 Å². The Morgan fingerprint density at radius 3 is 2.75 bits per heavy atom. The smallest absolute Gasteiger partial charge is 0.326 e. The van der Waals surface area contributed by atoms with E-state index in [0.29, 0.717) is 11.0 Å². The second kappa shape index (κ2) is 5.83. The number of carboxylic acid groups (broad SMARTS) is 1. The standard InChI is InChI=1S/C14H16BrNO4/c1-8-3-2-6-16(12(8)14(19)20)13(18)10-7-9(15)4-5-11(10)17/h4-5,7-8,12,17H,2-3,6H2,1H3,(H,19,20). The van der Waals surface area contributed by atoms with Crippen molar-refractivity contribution in [1.82, 2.24) is 4.90 Å².